The average Bonchev–Trinajstić information content (AvgIpc) is 3.10. The van der Waals surface area contributed by atoms with Crippen molar-refractivity contribution in [1.29, 1.82) is 0 Å². The van der Waals surface area contributed by atoms with Crippen LogP contribution in [-0.4, -0.2) is 40.5 Å². The lowest BCUT2D eigenvalue weighted by Crippen LogP contribution is -2.50. The first-order chi connectivity index (χ1) is 13.6. The summed E-state index contributed by atoms with van der Waals surface area (Å²) in [5, 5.41) is 1.13. The Morgan fingerprint density at radius 1 is 1.18 bits per heavy atom. The molecule has 0 radical (unpaired) electrons. The number of thioether (sulfide) groups is 1. The lowest BCUT2D eigenvalue weighted by atomic mass is 9.96. The summed E-state index contributed by atoms with van der Waals surface area (Å²) >= 11 is 1.81. The first kappa shape index (κ1) is 21.2. The maximum atomic E-state index is 12.6. The van der Waals surface area contributed by atoms with Crippen LogP contribution in [0.2, 0.25) is 0 Å². The maximum absolute atomic E-state index is 12.6. The molecule has 1 aliphatic carbocycles. The van der Waals surface area contributed by atoms with Crippen LogP contribution < -0.4 is 4.90 Å². The molecule has 28 heavy (non-hydrogen) atoms. The van der Waals surface area contributed by atoms with Gasteiger partial charge in [0.05, 0.1) is 6.04 Å². The first-order valence-corrected chi connectivity index (χ1v) is 12.0. The van der Waals surface area contributed by atoms with Gasteiger partial charge in [0.25, 0.3) is 0 Å². The number of aliphatic imine (C=N–C) groups is 1. The number of hydrogen-bond donors (Lipinski definition) is 0. The molecule has 4 nitrogen and oxygen atoms in total. The zero-order valence-electron chi connectivity index (χ0n) is 17.7. The van der Waals surface area contributed by atoms with Crippen LogP contribution in [0.3, 0.4) is 0 Å². The van der Waals surface area contributed by atoms with Crippen LogP contribution in [0.5, 0.6) is 0 Å². The van der Waals surface area contributed by atoms with Gasteiger partial charge in [0.1, 0.15) is 6.17 Å². The van der Waals surface area contributed by atoms with Gasteiger partial charge in [0, 0.05) is 24.9 Å². The standard InChI is InChI=1S/C23H35N3OS/c1-4-6-10-19-13-15-21(16-14-19)26(18(3)27)22-17-28-23(25(22)5-2)24-20-11-8-7-9-12-20/h13-16,20,22H,4-12,17H2,1-3H3. The number of nitrogens with zero attached hydrogens (tertiary/aromatic N) is 3. The van der Waals surface area contributed by atoms with Crippen molar-refractivity contribution in [1.82, 2.24) is 4.90 Å². The number of benzene rings is 1. The molecule has 0 spiro atoms. The van der Waals surface area contributed by atoms with Gasteiger partial charge in [-0.25, -0.2) is 0 Å². The Labute approximate surface area is 174 Å². The highest BCUT2D eigenvalue weighted by Crippen LogP contribution is 2.32. The number of aryl methyl sites for hydroxylation is 1. The minimum atomic E-state index is 0.0522. The van der Waals surface area contributed by atoms with Crippen LogP contribution in [0.1, 0.15) is 71.3 Å². The minimum absolute atomic E-state index is 0.0522. The Bertz CT molecular complexity index is 667. The van der Waals surface area contributed by atoms with E-state index in [1.54, 1.807) is 6.92 Å². The molecule has 3 rings (SSSR count). The van der Waals surface area contributed by atoms with E-state index in [0.717, 1.165) is 29.6 Å². The molecule has 1 aromatic rings. The van der Waals surface area contributed by atoms with Crippen molar-refractivity contribution in [3.05, 3.63) is 29.8 Å². The molecular formula is C23H35N3OS. The van der Waals surface area contributed by atoms with Gasteiger partial charge in [-0.15, -0.1) is 0 Å². The van der Waals surface area contributed by atoms with Gasteiger partial charge in [0.2, 0.25) is 5.91 Å². The largest absolute Gasteiger partial charge is 0.330 e. The molecule has 1 unspecified atom stereocenters. The fourth-order valence-electron chi connectivity index (χ4n) is 4.25. The smallest absolute Gasteiger partial charge is 0.225 e. The number of hydrogen-bond acceptors (Lipinski definition) is 3. The lowest BCUT2D eigenvalue weighted by Gasteiger charge is -2.35. The number of amidine groups is 1. The van der Waals surface area contributed by atoms with Gasteiger partial charge in [0.15, 0.2) is 5.17 Å². The molecule has 1 heterocycles. The lowest BCUT2D eigenvalue weighted by molar-refractivity contribution is -0.117. The molecule has 1 saturated heterocycles. The maximum Gasteiger partial charge on any atom is 0.225 e. The molecule has 1 atom stereocenters. The average molecular weight is 402 g/mol. The van der Waals surface area contributed by atoms with E-state index < -0.39 is 0 Å². The highest BCUT2D eigenvalue weighted by atomic mass is 32.2. The SMILES string of the molecule is CCCCc1ccc(N(C(C)=O)C2CSC(=NC3CCCCC3)N2CC)cc1. The van der Waals surface area contributed by atoms with Crippen molar-refractivity contribution in [2.75, 3.05) is 17.2 Å². The second-order valence-corrected chi connectivity index (χ2v) is 8.93. The summed E-state index contributed by atoms with van der Waals surface area (Å²) in [7, 11) is 0. The second kappa shape index (κ2) is 10.3. The van der Waals surface area contributed by atoms with Gasteiger partial charge in [-0.05, 0) is 50.3 Å². The highest BCUT2D eigenvalue weighted by Gasteiger charge is 2.36. The number of rotatable bonds is 7. The van der Waals surface area contributed by atoms with Crippen LogP contribution in [0, 0.1) is 0 Å². The van der Waals surface area contributed by atoms with E-state index in [1.165, 1.54) is 50.5 Å². The third-order valence-electron chi connectivity index (χ3n) is 5.85. The van der Waals surface area contributed by atoms with Gasteiger partial charge >= 0.3 is 0 Å². The zero-order chi connectivity index (χ0) is 19.9. The molecule has 0 N–H and O–H groups in total. The Kier molecular flexibility index (Phi) is 7.83. The van der Waals surface area contributed by atoms with E-state index in [-0.39, 0.29) is 12.1 Å². The van der Waals surface area contributed by atoms with E-state index in [0.29, 0.717) is 6.04 Å². The Hall–Kier alpha value is -1.49. The van der Waals surface area contributed by atoms with Gasteiger partial charge in [-0.2, -0.15) is 0 Å². The van der Waals surface area contributed by atoms with Crippen LogP contribution in [-0.2, 0) is 11.2 Å². The summed E-state index contributed by atoms with van der Waals surface area (Å²) in [5.74, 6) is 0.987. The molecule has 5 heteroatoms. The van der Waals surface area contributed by atoms with E-state index in [1.807, 2.05) is 16.7 Å². The molecule has 0 aromatic heterocycles. The number of amides is 1. The number of unbranched alkanes of at least 4 members (excludes halogenated alkanes) is 1. The van der Waals surface area contributed by atoms with E-state index in [4.69, 9.17) is 4.99 Å². The van der Waals surface area contributed by atoms with Crippen LogP contribution in [0.25, 0.3) is 0 Å². The van der Waals surface area contributed by atoms with Crippen molar-refractivity contribution < 1.29 is 4.79 Å². The van der Waals surface area contributed by atoms with Crippen molar-refractivity contribution in [2.45, 2.75) is 84.3 Å². The van der Waals surface area contributed by atoms with Gasteiger partial charge < -0.3 is 4.90 Å². The fraction of sp³-hybridized carbons (Fsp3) is 0.652. The third kappa shape index (κ3) is 5.11. The number of carbonyl (C=O) groups excluding carboxylic acids is 1. The fourth-order valence-corrected chi connectivity index (χ4v) is 5.52. The van der Waals surface area contributed by atoms with Crippen molar-refractivity contribution in [3.8, 4) is 0 Å². The Morgan fingerprint density at radius 2 is 1.89 bits per heavy atom. The summed E-state index contributed by atoms with van der Waals surface area (Å²) < 4.78 is 0. The van der Waals surface area contributed by atoms with Crippen LogP contribution in [0.15, 0.2) is 29.3 Å². The summed E-state index contributed by atoms with van der Waals surface area (Å²) in [5.41, 5.74) is 2.34. The topological polar surface area (TPSA) is 35.9 Å². The second-order valence-electron chi connectivity index (χ2n) is 7.94. The minimum Gasteiger partial charge on any atom is -0.330 e. The normalized spacial score (nSPS) is 22.0. The highest BCUT2D eigenvalue weighted by molar-refractivity contribution is 8.14. The van der Waals surface area contributed by atoms with Gasteiger partial charge in [-0.1, -0.05) is 56.5 Å². The summed E-state index contributed by atoms with van der Waals surface area (Å²) in [6.45, 7) is 6.94. The van der Waals surface area contributed by atoms with E-state index in [9.17, 15) is 4.79 Å². The number of anilines is 1. The molecule has 1 aliphatic heterocycles. The van der Waals surface area contributed by atoms with Crippen LogP contribution in [0.4, 0.5) is 5.69 Å². The zero-order valence-corrected chi connectivity index (χ0v) is 18.5. The van der Waals surface area contributed by atoms with Gasteiger partial charge in [-0.3, -0.25) is 14.7 Å². The predicted octanol–water partition coefficient (Wildman–Crippen LogP) is 5.47. The quantitative estimate of drug-likeness (QED) is 0.608. The van der Waals surface area contributed by atoms with Crippen molar-refractivity contribution in [2.24, 2.45) is 4.99 Å². The van der Waals surface area contributed by atoms with Crippen molar-refractivity contribution >= 4 is 28.5 Å². The summed E-state index contributed by atoms with van der Waals surface area (Å²) in [6.07, 6.45) is 9.93. The predicted molar refractivity (Wildman–Crippen MR) is 121 cm³/mol. The molecule has 2 fully saturated rings. The molecule has 2 aliphatic rings. The van der Waals surface area contributed by atoms with E-state index in [2.05, 4.69) is 43.0 Å². The molecule has 1 amide bonds. The molecule has 1 saturated carbocycles. The molecule has 0 bridgehead atoms. The monoisotopic (exact) mass is 401 g/mol. The third-order valence-corrected chi connectivity index (χ3v) is 6.91. The summed E-state index contributed by atoms with van der Waals surface area (Å²) in [4.78, 5) is 22.0. The Balaban J connectivity index is 1.77. The van der Waals surface area contributed by atoms with E-state index >= 15 is 0 Å². The first-order valence-electron chi connectivity index (χ1n) is 11.0. The van der Waals surface area contributed by atoms with Crippen LogP contribution >= 0.6 is 11.8 Å². The molecular weight excluding hydrogens is 366 g/mol. The molecule has 1 aromatic carbocycles. The molecule has 154 valence electrons. The Morgan fingerprint density at radius 3 is 2.50 bits per heavy atom. The van der Waals surface area contributed by atoms with Crippen molar-refractivity contribution in [3.63, 3.8) is 0 Å². The summed E-state index contributed by atoms with van der Waals surface area (Å²) in [6, 6.07) is 9.04. The number of carbonyl (C=O) groups is 1.